The van der Waals surface area contributed by atoms with Crippen LogP contribution in [0, 0.1) is 10.8 Å². The van der Waals surface area contributed by atoms with Crippen molar-refractivity contribution in [2.45, 2.75) is 20.3 Å². The Morgan fingerprint density at radius 3 is 1.35 bits per heavy atom. The lowest BCUT2D eigenvalue weighted by Crippen LogP contribution is -2.20. The van der Waals surface area contributed by atoms with Crippen molar-refractivity contribution in [3.05, 3.63) is 114 Å². The SMILES string of the molecule is CCC.CN(c1ccccc1)c1ccc(N)cc1.N=C1C(=N)c2ccccc2-c2ccccc21. The molecule has 4 heteroatoms. The van der Waals surface area contributed by atoms with Gasteiger partial charge in [0.15, 0.2) is 0 Å². The summed E-state index contributed by atoms with van der Waals surface area (Å²) in [7, 11) is 2.04. The van der Waals surface area contributed by atoms with Crippen LogP contribution in [0.25, 0.3) is 11.1 Å². The van der Waals surface area contributed by atoms with Gasteiger partial charge in [-0.3, -0.25) is 10.8 Å². The molecule has 4 aromatic carbocycles. The summed E-state index contributed by atoms with van der Waals surface area (Å²) in [6, 6.07) is 33.7. The number of para-hydroxylation sites is 1. The number of hydrogen-bond donors (Lipinski definition) is 3. The summed E-state index contributed by atoms with van der Waals surface area (Å²) in [4.78, 5) is 2.12. The summed E-state index contributed by atoms with van der Waals surface area (Å²) in [6.07, 6.45) is 1.25. The Bertz CT molecular complexity index is 1190. The van der Waals surface area contributed by atoms with Crippen molar-refractivity contribution in [1.29, 1.82) is 10.8 Å². The highest BCUT2D eigenvalue weighted by molar-refractivity contribution is 6.54. The van der Waals surface area contributed by atoms with E-state index in [1.807, 2.05) is 98.0 Å². The van der Waals surface area contributed by atoms with Crippen LogP contribution >= 0.6 is 0 Å². The van der Waals surface area contributed by atoms with Crippen molar-refractivity contribution in [3.8, 4) is 11.1 Å². The molecule has 0 saturated carbocycles. The van der Waals surface area contributed by atoms with E-state index in [4.69, 9.17) is 16.6 Å². The van der Waals surface area contributed by atoms with E-state index in [2.05, 4.69) is 30.9 Å². The summed E-state index contributed by atoms with van der Waals surface area (Å²) >= 11 is 0. The Labute approximate surface area is 202 Å². The topological polar surface area (TPSA) is 77.0 Å². The van der Waals surface area contributed by atoms with E-state index in [0.717, 1.165) is 33.6 Å². The zero-order valence-electron chi connectivity index (χ0n) is 20.0. The van der Waals surface area contributed by atoms with E-state index in [1.165, 1.54) is 12.1 Å². The van der Waals surface area contributed by atoms with E-state index < -0.39 is 0 Å². The van der Waals surface area contributed by atoms with E-state index in [-0.39, 0.29) is 0 Å². The molecular weight excluding hydrogens is 416 g/mol. The van der Waals surface area contributed by atoms with Gasteiger partial charge in [0.05, 0.1) is 11.4 Å². The Morgan fingerprint density at radius 1 is 0.559 bits per heavy atom. The Balaban J connectivity index is 0.000000172. The molecule has 1 aliphatic rings. The second-order valence-corrected chi connectivity index (χ2v) is 8.03. The lowest BCUT2D eigenvalue weighted by molar-refractivity contribution is 1.09. The second-order valence-electron chi connectivity index (χ2n) is 8.03. The zero-order valence-corrected chi connectivity index (χ0v) is 20.0. The first kappa shape index (κ1) is 24.5. The number of nitrogens with zero attached hydrogens (tertiary/aromatic N) is 1. The van der Waals surface area contributed by atoms with Crippen LogP contribution in [-0.4, -0.2) is 18.5 Å². The van der Waals surface area contributed by atoms with Crippen LogP contribution in [0.5, 0.6) is 0 Å². The number of fused-ring (bicyclic) bond motifs is 3. The van der Waals surface area contributed by atoms with Gasteiger partial charge >= 0.3 is 0 Å². The number of hydrogen-bond acceptors (Lipinski definition) is 4. The van der Waals surface area contributed by atoms with Gasteiger partial charge in [0.25, 0.3) is 0 Å². The van der Waals surface area contributed by atoms with Gasteiger partial charge in [-0.2, -0.15) is 0 Å². The second kappa shape index (κ2) is 11.6. The molecule has 0 amide bonds. The predicted molar refractivity (Wildman–Crippen MR) is 147 cm³/mol. The van der Waals surface area contributed by atoms with Crippen LogP contribution in [-0.2, 0) is 0 Å². The summed E-state index contributed by atoms with van der Waals surface area (Å²) in [6.45, 7) is 4.25. The monoisotopic (exact) mass is 448 g/mol. The third-order valence-electron chi connectivity index (χ3n) is 5.36. The zero-order chi connectivity index (χ0) is 24.5. The van der Waals surface area contributed by atoms with Crippen LogP contribution in [0.15, 0.2) is 103 Å². The normalized spacial score (nSPS) is 11.1. The highest BCUT2D eigenvalue weighted by atomic mass is 15.1. The van der Waals surface area contributed by atoms with Crippen LogP contribution < -0.4 is 10.6 Å². The minimum Gasteiger partial charge on any atom is -0.399 e. The van der Waals surface area contributed by atoms with Crippen LogP contribution in [0.4, 0.5) is 17.1 Å². The third-order valence-corrected chi connectivity index (χ3v) is 5.36. The summed E-state index contributed by atoms with van der Waals surface area (Å²) in [5.41, 5.74) is 13.2. The van der Waals surface area contributed by atoms with Crippen molar-refractivity contribution in [3.63, 3.8) is 0 Å². The summed E-state index contributed by atoms with van der Waals surface area (Å²) in [5.74, 6) is 0. The van der Waals surface area contributed by atoms with Crippen molar-refractivity contribution in [1.82, 2.24) is 0 Å². The molecule has 4 nitrogen and oxygen atoms in total. The molecule has 0 aromatic heterocycles. The average molecular weight is 449 g/mol. The number of nitrogen functional groups attached to an aromatic ring is 1. The van der Waals surface area contributed by atoms with Gasteiger partial charge < -0.3 is 10.6 Å². The lowest BCUT2D eigenvalue weighted by atomic mass is 9.83. The lowest BCUT2D eigenvalue weighted by Gasteiger charge is -2.20. The first-order valence-corrected chi connectivity index (χ1v) is 11.5. The standard InChI is InChI=1S/C14H10N2.C13H14N2.C3H8/c15-13-11-7-3-1-5-9(11)10-6-2-4-8-12(10)14(13)16;1-15(12-5-3-2-4-6-12)13-9-7-11(14)8-10-13;1-3-2/h1-8,15-16H;2-10H,14H2,1H3;3H2,1-2H3. The van der Waals surface area contributed by atoms with Gasteiger partial charge in [-0.25, -0.2) is 0 Å². The molecule has 0 fully saturated rings. The van der Waals surface area contributed by atoms with Crippen LogP contribution in [0.3, 0.4) is 0 Å². The average Bonchev–Trinajstić information content (AvgIpc) is 2.89. The number of benzene rings is 4. The fourth-order valence-electron chi connectivity index (χ4n) is 3.64. The van der Waals surface area contributed by atoms with Crippen molar-refractivity contribution in [2.75, 3.05) is 17.7 Å². The molecule has 1 aliphatic carbocycles. The largest absolute Gasteiger partial charge is 0.399 e. The smallest absolute Gasteiger partial charge is 0.0874 e. The number of nitrogens with one attached hydrogen (secondary N) is 2. The molecule has 0 unspecified atom stereocenters. The Kier molecular flexibility index (Phi) is 8.36. The fraction of sp³-hybridized carbons (Fsp3) is 0.133. The minimum absolute atomic E-state index is 0.314. The quantitative estimate of drug-likeness (QED) is 0.277. The van der Waals surface area contributed by atoms with Crippen LogP contribution in [0.1, 0.15) is 31.4 Å². The van der Waals surface area contributed by atoms with Crippen LogP contribution in [0.2, 0.25) is 0 Å². The van der Waals surface area contributed by atoms with E-state index in [9.17, 15) is 0 Å². The molecular formula is C30H32N4. The summed E-state index contributed by atoms with van der Waals surface area (Å²) < 4.78 is 0. The Morgan fingerprint density at radius 2 is 0.912 bits per heavy atom. The minimum atomic E-state index is 0.314. The van der Waals surface area contributed by atoms with Crippen molar-refractivity contribution in [2.24, 2.45) is 0 Å². The third kappa shape index (κ3) is 5.59. The highest BCUT2D eigenvalue weighted by Crippen LogP contribution is 2.32. The van der Waals surface area contributed by atoms with Gasteiger partial charge in [-0.1, -0.05) is 87.0 Å². The highest BCUT2D eigenvalue weighted by Gasteiger charge is 2.23. The number of anilines is 3. The molecule has 172 valence electrons. The Hall–Kier alpha value is -4.18. The van der Waals surface area contributed by atoms with Gasteiger partial charge in [0, 0.05) is 35.2 Å². The molecule has 0 atom stereocenters. The maximum absolute atomic E-state index is 7.98. The molecule has 4 aromatic rings. The first-order valence-electron chi connectivity index (χ1n) is 11.5. The van der Waals surface area contributed by atoms with Gasteiger partial charge in [0.1, 0.15) is 0 Å². The summed E-state index contributed by atoms with van der Waals surface area (Å²) in [5, 5.41) is 16.0. The molecule has 0 saturated heterocycles. The number of rotatable bonds is 2. The molecule has 34 heavy (non-hydrogen) atoms. The molecule has 0 heterocycles. The molecule has 4 N–H and O–H groups in total. The predicted octanol–water partition coefficient (Wildman–Crippen LogP) is 7.56. The van der Waals surface area contributed by atoms with E-state index in [0.29, 0.717) is 11.4 Å². The van der Waals surface area contributed by atoms with E-state index in [1.54, 1.807) is 0 Å². The van der Waals surface area contributed by atoms with Gasteiger partial charge in [-0.15, -0.1) is 0 Å². The van der Waals surface area contributed by atoms with Gasteiger partial charge in [0.2, 0.25) is 0 Å². The maximum Gasteiger partial charge on any atom is 0.0874 e. The molecule has 0 bridgehead atoms. The van der Waals surface area contributed by atoms with Crippen molar-refractivity contribution >= 4 is 28.5 Å². The maximum atomic E-state index is 7.98. The molecule has 5 rings (SSSR count). The van der Waals surface area contributed by atoms with E-state index >= 15 is 0 Å². The first-order chi connectivity index (χ1) is 16.5. The molecule has 0 radical (unpaired) electrons. The molecule has 0 spiro atoms. The number of nitrogens with two attached hydrogens (primary N) is 1. The van der Waals surface area contributed by atoms with Gasteiger partial charge in [-0.05, 0) is 47.5 Å². The fourth-order valence-corrected chi connectivity index (χ4v) is 3.64. The van der Waals surface area contributed by atoms with Crippen molar-refractivity contribution < 1.29 is 0 Å². The molecule has 0 aliphatic heterocycles.